The van der Waals surface area contributed by atoms with Crippen molar-refractivity contribution in [3.05, 3.63) is 101 Å². The van der Waals surface area contributed by atoms with Crippen LogP contribution in [0, 0.1) is 0 Å². The van der Waals surface area contributed by atoms with Gasteiger partial charge in [-0.1, -0.05) is 99.7 Å². The maximum absolute atomic E-state index is 10.7. The second kappa shape index (κ2) is 15.4. The Labute approximate surface area is 211 Å². The second-order valence-electron chi connectivity index (χ2n) is 9.54. The summed E-state index contributed by atoms with van der Waals surface area (Å²) in [6.45, 7) is 2.60. The number of aryl methyl sites for hydroxylation is 2. The summed E-state index contributed by atoms with van der Waals surface area (Å²) in [6, 6.07) is 24.8. The molecule has 0 heterocycles. The van der Waals surface area contributed by atoms with Gasteiger partial charge in [0.25, 0.3) is 0 Å². The lowest BCUT2D eigenvalue weighted by molar-refractivity contribution is 0.162. The molecule has 0 radical (unpaired) electrons. The second-order valence-corrected chi connectivity index (χ2v) is 9.54. The molecule has 2 N–H and O–H groups in total. The largest absolute Gasteiger partial charge is 0.489 e. The van der Waals surface area contributed by atoms with Crippen LogP contribution in [0.4, 0.5) is 0 Å². The van der Waals surface area contributed by atoms with Gasteiger partial charge in [0.1, 0.15) is 12.4 Å². The van der Waals surface area contributed by atoms with Crippen LogP contribution >= 0.6 is 0 Å². The van der Waals surface area contributed by atoms with Crippen LogP contribution in [0.2, 0.25) is 0 Å². The third-order valence-electron chi connectivity index (χ3n) is 6.66. The van der Waals surface area contributed by atoms with Crippen LogP contribution < -0.4 is 4.74 Å². The van der Waals surface area contributed by atoms with Gasteiger partial charge in [-0.15, -0.1) is 0 Å². The molecule has 3 rings (SSSR count). The number of aliphatic hydroxyl groups is 2. The van der Waals surface area contributed by atoms with Crippen molar-refractivity contribution in [1.82, 2.24) is 0 Å². The fraction of sp³-hybridized carbons (Fsp3) is 0.438. The summed E-state index contributed by atoms with van der Waals surface area (Å²) in [7, 11) is 0. The van der Waals surface area contributed by atoms with Crippen molar-refractivity contribution >= 4 is 0 Å². The maximum atomic E-state index is 10.7. The summed E-state index contributed by atoms with van der Waals surface area (Å²) in [6.07, 6.45) is 10.9. The van der Waals surface area contributed by atoms with Gasteiger partial charge < -0.3 is 14.9 Å². The van der Waals surface area contributed by atoms with Crippen LogP contribution in [0.3, 0.4) is 0 Å². The van der Waals surface area contributed by atoms with Crippen molar-refractivity contribution in [2.45, 2.75) is 90.4 Å². The van der Waals surface area contributed by atoms with Crippen molar-refractivity contribution in [1.29, 1.82) is 0 Å². The molecule has 3 aromatic carbocycles. The van der Waals surface area contributed by atoms with Crippen molar-refractivity contribution in [2.24, 2.45) is 0 Å². The van der Waals surface area contributed by atoms with E-state index in [2.05, 4.69) is 31.2 Å². The quantitative estimate of drug-likeness (QED) is 0.209. The Morgan fingerprint density at radius 2 is 1.37 bits per heavy atom. The molecule has 0 fully saturated rings. The Kier molecular flexibility index (Phi) is 11.9. The highest BCUT2D eigenvalue weighted by Crippen LogP contribution is 2.27. The van der Waals surface area contributed by atoms with Crippen molar-refractivity contribution < 1.29 is 14.9 Å². The molecule has 0 aliphatic heterocycles. The molecule has 1 atom stereocenters. The van der Waals surface area contributed by atoms with Crippen LogP contribution in [-0.4, -0.2) is 10.2 Å². The molecule has 0 saturated heterocycles. The van der Waals surface area contributed by atoms with Gasteiger partial charge in [-0.3, -0.25) is 0 Å². The predicted molar refractivity (Wildman–Crippen MR) is 145 cm³/mol. The Morgan fingerprint density at radius 3 is 2.03 bits per heavy atom. The Balaban J connectivity index is 1.35. The van der Waals surface area contributed by atoms with E-state index in [9.17, 15) is 10.2 Å². The number of unbranched alkanes of at least 4 members (excludes halogenated alkanes) is 5. The molecule has 0 aliphatic carbocycles. The van der Waals surface area contributed by atoms with Crippen molar-refractivity contribution in [3.8, 4) is 5.75 Å². The average molecular weight is 475 g/mol. The molecule has 35 heavy (non-hydrogen) atoms. The molecule has 0 aromatic heterocycles. The van der Waals surface area contributed by atoms with E-state index in [0.717, 1.165) is 36.8 Å². The molecule has 0 aliphatic rings. The first-order valence-electron chi connectivity index (χ1n) is 13.4. The number of aliphatic hydroxyl groups excluding tert-OH is 2. The first kappa shape index (κ1) is 27.0. The lowest BCUT2D eigenvalue weighted by atomic mass is 9.99. The van der Waals surface area contributed by atoms with Gasteiger partial charge >= 0.3 is 0 Å². The number of benzene rings is 3. The molecular formula is C32H42O3. The van der Waals surface area contributed by atoms with E-state index in [4.69, 9.17) is 4.74 Å². The first-order chi connectivity index (χ1) is 17.2. The van der Waals surface area contributed by atoms with E-state index in [-0.39, 0.29) is 6.61 Å². The first-order valence-corrected chi connectivity index (χ1v) is 13.4. The van der Waals surface area contributed by atoms with E-state index < -0.39 is 6.10 Å². The van der Waals surface area contributed by atoms with Gasteiger partial charge in [-0.05, 0) is 66.5 Å². The van der Waals surface area contributed by atoms with Crippen LogP contribution in [-0.2, 0) is 26.1 Å². The minimum atomic E-state index is -0.510. The zero-order valence-corrected chi connectivity index (χ0v) is 21.3. The molecule has 188 valence electrons. The van der Waals surface area contributed by atoms with E-state index in [0.29, 0.717) is 17.9 Å². The predicted octanol–water partition coefficient (Wildman–Crippen LogP) is 7.72. The van der Waals surface area contributed by atoms with Gasteiger partial charge in [0.05, 0.1) is 12.7 Å². The van der Waals surface area contributed by atoms with E-state index in [1.165, 1.54) is 49.7 Å². The maximum Gasteiger partial charge on any atom is 0.125 e. The summed E-state index contributed by atoms with van der Waals surface area (Å²) >= 11 is 0. The Hall–Kier alpha value is -2.62. The average Bonchev–Trinajstić information content (AvgIpc) is 2.90. The zero-order valence-electron chi connectivity index (χ0n) is 21.3. The smallest absolute Gasteiger partial charge is 0.125 e. The molecule has 3 nitrogen and oxygen atoms in total. The fourth-order valence-corrected chi connectivity index (χ4v) is 4.45. The number of rotatable bonds is 16. The van der Waals surface area contributed by atoms with Crippen LogP contribution in [0.5, 0.6) is 5.75 Å². The third-order valence-corrected chi connectivity index (χ3v) is 6.66. The van der Waals surface area contributed by atoms with E-state index in [1.807, 2.05) is 48.5 Å². The minimum Gasteiger partial charge on any atom is -0.489 e. The molecule has 0 bridgehead atoms. The molecular weight excluding hydrogens is 432 g/mol. The number of hydrogen-bond donors (Lipinski definition) is 2. The minimum absolute atomic E-state index is 0.107. The Morgan fingerprint density at radius 1 is 0.714 bits per heavy atom. The van der Waals surface area contributed by atoms with E-state index in [1.54, 1.807) is 0 Å². The third kappa shape index (κ3) is 9.51. The van der Waals surface area contributed by atoms with Crippen LogP contribution in [0.1, 0.15) is 92.2 Å². The Bertz CT molecular complexity index is 966. The topological polar surface area (TPSA) is 49.7 Å². The van der Waals surface area contributed by atoms with Gasteiger partial charge in [-0.2, -0.15) is 0 Å². The highest BCUT2D eigenvalue weighted by molar-refractivity contribution is 5.38. The standard InChI is InChI=1S/C32H42O3/c1-2-3-7-12-26-17-19-27(20-18-26)13-8-4-5-11-16-31(34)29-21-22-32(30(23-29)24-33)35-25-28-14-9-6-10-15-28/h6,9-10,14-15,17-23,31,33-34H,2-5,7-8,11-13,16,24-25H2,1H3/t31-/m0/s1. The van der Waals surface area contributed by atoms with Gasteiger partial charge in [-0.25, -0.2) is 0 Å². The highest BCUT2D eigenvalue weighted by atomic mass is 16.5. The molecule has 0 saturated carbocycles. The number of ether oxygens (including phenoxy) is 1. The monoisotopic (exact) mass is 474 g/mol. The zero-order chi connectivity index (χ0) is 24.7. The van der Waals surface area contributed by atoms with Gasteiger partial charge in [0.15, 0.2) is 0 Å². The summed E-state index contributed by atoms with van der Waals surface area (Å²) in [5, 5.41) is 20.4. The summed E-state index contributed by atoms with van der Waals surface area (Å²) < 4.78 is 5.90. The summed E-state index contributed by atoms with van der Waals surface area (Å²) in [4.78, 5) is 0. The van der Waals surface area contributed by atoms with E-state index >= 15 is 0 Å². The summed E-state index contributed by atoms with van der Waals surface area (Å²) in [5.74, 6) is 0.668. The van der Waals surface area contributed by atoms with Gasteiger partial charge in [0, 0.05) is 5.56 Å². The van der Waals surface area contributed by atoms with Gasteiger partial charge in [0.2, 0.25) is 0 Å². The lowest BCUT2D eigenvalue weighted by Gasteiger charge is -2.15. The van der Waals surface area contributed by atoms with Crippen LogP contribution in [0.25, 0.3) is 0 Å². The molecule has 3 aromatic rings. The molecule has 0 unspecified atom stereocenters. The molecule has 0 amide bonds. The van der Waals surface area contributed by atoms with Crippen LogP contribution in [0.15, 0.2) is 72.8 Å². The SMILES string of the molecule is CCCCCc1ccc(CCCCCC[C@H](O)c2ccc(OCc3ccccc3)c(CO)c2)cc1. The van der Waals surface area contributed by atoms with Crippen molar-refractivity contribution in [2.75, 3.05) is 0 Å². The lowest BCUT2D eigenvalue weighted by Crippen LogP contribution is -2.02. The molecule has 0 spiro atoms. The normalized spacial score (nSPS) is 12.0. The highest BCUT2D eigenvalue weighted by Gasteiger charge is 2.11. The fourth-order valence-electron chi connectivity index (χ4n) is 4.45. The summed E-state index contributed by atoms with van der Waals surface area (Å²) in [5.41, 5.74) is 5.53. The van der Waals surface area contributed by atoms with Crippen molar-refractivity contribution in [3.63, 3.8) is 0 Å². The number of hydrogen-bond acceptors (Lipinski definition) is 3. The molecule has 3 heteroatoms.